The lowest BCUT2D eigenvalue weighted by molar-refractivity contribution is -0.128. The van der Waals surface area contributed by atoms with E-state index in [1.807, 2.05) is 0 Å². The van der Waals surface area contributed by atoms with Gasteiger partial charge in [0.1, 0.15) is 0 Å². The number of sulfonamides is 1. The van der Waals surface area contributed by atoms with Crippen molar-refractivity contribution in [3.05, 3.63) is 54.1 Å². The first kappa shape index (κ1) is 28.3. The van der Waals surface area contributed by atoms with Crippen LogP contribution in [0.5, 0.6) is 0 Å². The van der Waals surface area contributed by atoms with Crippen LogP contribution in [0.1, 0.15) is 43.0 Å². The molecule has 10 nitrogen and oxygen atoms in total. The summed E-state index contributed by atoms with van der Waals surface area (Å²) in [5, 5.41) is 5.55. The van der Waals surface area contributed by atoms with Gasteiger partial charge in [0.15, 0.2) is 0 Å². The highest BCUT2D eigenvalue weighted by Gasteiger charge is 2.33. The molecule has 11 heteroatoms. The number of anilines is 2. The van der Waals surface area contributed by atoms with Gasteiger partial charge < -0.3 is 20.3 Å². The smallest absolute Gasteiger partial charge is 0.255 e. The van der Waals surface area contributed by atoms with E-state index < -0.39 is 10.0 Å². The van der Waals surface area contributed by atoms with Gasteiger partial charge in [0.2, 0.25) is 21.8 Å². The van der Waals surface area contributed by atoms with Gasteiger partial charge in [0.05, 0.1) is 10.8 Å². The highest BCUT2D eigenvalue weighted by molar-refractivity contribution is 7.89. The summed E-state index contributed by atoms with van der Waals surface area (Å²) in [5.41, 5.74) is 1.35. The van der Waals surface area contributed by atoms with Crippen molar-refractivity contribution in [3.8, 4) is 0 Å². The van der Waals surface area contributed by atoms with E-state index in [0.29, 0.717) is 43.1 Å². The Hall–Kier alpha value is -3.28. The van der Waals surface area contributed by atoms with Gasteiger partial charge in [-0.25, -0.2) is 13.1 Å². The van der Waals surface area contributed by atoms with Gasteiger partial charge >= 0.3 is 0 Å². The summed E-state index contributed by atoms with van der Waals surface area (Å²) in [7, 11) is -2.09. The molecule has 37 heavy (non-hydrogen) atoms. The van der Waals surface area contributed by atoms with Gasteiger partial charge in [0.25, 0.3) is 5.91 Å². The maximum absolute atomic E-state index is 12.6. The second-order valence-corrected chi connectivity index (χ2v) is 10.7. The molecule has 1 fully saturated rings. The number of amides is 3. The summed E-state index contributed by atoms with van der Waals surface area (Å²) >= 11 is 0. The highest BCUT2D eigenvalue weighted by Crippen LogP contribution is 2.21. The molecule has 0 bridgehead atoms. The summed E-state index contributed by atoms with van der Waals surface area (Å²) in [5.74, 6) is -0.976. The molecule has 2 aromatic carbocycles. The number of hydrogen-bond acceptors (Lipinski definition) is 6. The summed E-state index contributed by atoms with van der Waals surface area (Å²) in [6.45, 7) is 3.88. The fourth-order valence-electron chi connectivity index (χ4n) is 3.89. The van der Waals surface area contributed by atoms with E-state index in [1.54, 1.807) is 36.3 Å². The zero-order valence-corrected chi connectivity index (χ0v) is 22.0. The van der Waals surface area contributed by atoms with Crippen LogP contribution in [0.15, 0.2) is 53.4 Å². The molecule has 3 rings (SSSR count). The topological polar surface area (TPSA) is 134 Å². The van der Waals surface area contributed by atoms with Crippen molar-refractivity contribution >= 4 is 39.1 Å². The number of ether oxygens (including phenoxy) is 1. The number of rotatable bonds is 13. The predicted molar refractivity (Wildman–Crippen MR) is 141 cm³/mol. The number of nitrogens with zero attached hydrogens (tertiary/aromatic N) is 1. The molecule has 1 atom stereocenters. The zero-order valence-electron chi connectivity index (χ0n) is 21.2. The molecular formula is C26H34N4O6S. The van der Waals surface area contributed by atoms with Gasteiger partial charge in [-0.1, -0.05) is 13.3 Å². The maximum atomic E-state index is 12.6. The molecule has 1 unspecified atom stereocenters. The van der Waals surface area contributed by atoms with Crippen molar-refractivity contribution in [2.45, 2.75) is 37.5 Å². The molecule has 1 heterocycles. The number of benzene rings is 2. The van der Waals surface area contributed by atoms with E-state index in [1.165, 1.54) is 24.3 Å². The van der Waals surface area contributed by atoms with Gasteiger partial charge in [-0.3, -0.25) is 14.4 Å². The second kappa shape index (κ2) is 13.3. The highest BCUT2D eigenvalue weighted by atomic mass is 32.2. The largest absolute Gasteiger partial charge is 0.385 e. The van der Waals surface area contributed by atoms with Gasteiger partial charge in [-0.15, -0.1) is 0 Å². The number of methoxy groups -OCH3 is 1. The van der Waals surface area contributed by atoms with Crippen LogP contribution in [0, 0.1) is 5.92 Å². The van der Waals surface area contributed by atoms with Crippen LogP contribution in [0.25, 0.3) is 0 Å². The third-order valence-corrected chi connectivity index (χ3v) is 7.50. The first-order valence-electron chi connectivity index (χ1n) is 12.3. The summed E-state index contributed by atoms with van der Waals surface area (Å²) in [6.07, 6.45) is 2.67. The molecule has 0 aromatic heterocycles. The molecule has 2 aromatic rings. The lowest BCUT2D eigenvalue weighted by Gasteiger charge is -2.16. The predicted octanol–water partition coefficient (Wildman–Crippen LogP) is 2.84. The number of carbonyl (C=O) groups excluding carboxylic acids is 3. The van der Waals surface area contributed by atoms with Crippen molar-refractivity contribution in [2.24, 2.45) is 5.92 Å². The first-order chi connectivity index (χ1) is 17.7. The standard InChI is InChI=1S/C26H34N4O6S/c1-3-4-15-30-18-20(17-24(30)31)26(33)29-21-8-6-19(7-9-21)25(32)28-22-10-12-23(13-11-22)37(34,35)27-14-5-16-36-2/h6-13,20,27H,3-5,14-18H2,1-2H3,(H,28,32)(H,29,33). The average molecular weight is 531 g/mol. The Bertz CT molecular complexity index is 1180. The number of likely N-dealkylation sites (tertiary alicyclic amines) is 1. The van der Waals surface area contributed by atoms with E-state index in [9.17, 15) is 22.8 Å². The van der Waals surface area contributed by atoms with Gasteiger partial charge in [-0.2, -0.15) is 0 Å². The monoisotopic (exact) mass is 530 g/mol. The Morgan fingerprint density at radius 3 is 2.30 bits per heavy atom. The summed E-state index contributed by atoms with van der Waals surface area (Å²) < 4.78 is 32.1. The van der Waals surface area contributed by atoms with Crippen LogP contribution in [-0.4, -0.2) is 64.4 Å². The van der Waals surface area contributed by atoms with Crippen LogP contribution >= 0.6 is 0 Å². The molecule has 0 aliphatic carbocycles. The summed E-state index contributed by atoms with van der Waals surface area (Å²) in [6, 6.07) is 12.3. The molecule has 0 saturated carbocycles. The molecule has 1 aliphatic rings. The molecule has 0 spiro atoms. The normalized spacial score (nSPS) is 15.6. The zero-order chi connectivity index (χ0) is 26.8. The molecule has 3 N–H and O–H groups in total. The van der Waals surface area contributed by atoms with E-state index in [-0.39, 0.29) is 41.5 Å². The third-order valence-electron chi connectivity index (χ3n) is 6.02. The van der Waals surface area contributed by atoms with Crippen molar-refractivity contribution in [1.82, 2.24) is 9.62 Å². The van der Waals surface area contributed by atoms with Crippen molar-refractivity contribution in [3.63, 3.8) is 0 Å². The minimum Gasteiger partial charge on any atom is -0.385 e. The van der Waals surface area contributed by atoms with Crippen LogP contribution in [0.4, 0.5) is 11.4 Å². The van der Waals surface area contributed by atoms with Crippen LogP contribution < -0.4 is 15.4 Å². The Balaban J connectivity index is 1.52. The number of hydrogen-bond donors (Lipinski definition) is 3. The van der Waals surface area contributed by atoms with Crippen LogP contribution in [-0.2, 0) is 24.3 Å². The lowest BCUT2D eigenvalue weighted by Crippen LogP contribution is -2.29. The van der Waals surface area contributed by atoms with Crippen molar-refractivity contribution < 1.29 is 27.5 Å². The van der Waals surface area contributed by atoms with E-state index in [2.05, 4.69) is 22.3 Å². The first-order valence-corrected chi connectivity index (χ1v) is 13.8. The van der Waals surface area contributed by atoms with Gasteiger partial charge in [0, 0.05) is 56.7 Å². The van der Waals surface area contributed by atoms with Crippen LogP contribution in [0.3, 0.4) is 0 Å². The fourth-order valence-corrected chi connectivity index (χ4v) is 4.96. The minimum atomic E-state index is -3.64. The Morgan fingerprint density at radius 2 is 1.65 bits per heavy atom. The number of unbranched alkanes of at least 4 members (excludes halogenated alkanes) is 1. The summed E-state index contributed by atoms with van der Waals surface area (Å²) in [4.78, 5) is 39.2. The molecule has 1 saturated heterocycles. The van der Waals surface area contributed by atoms with Crippen molar-refractivity contribution in [1.29, 1.82) is 0 Å². The van der Waals surface area contributed by atoms with Crippen molar-refractivity contribution in [2.75, 3.05) is 44.0 Å². The Labute approximate surface area is 217 Å². The molecule has 1 aliphatic heterocycles. The second-order valence-electron chi connectivity index (χ2n) is 8.88. The molecule has 200 valence electrons. The van der Waals surface area contributed by atoms with E-state index in [4.69, 9.17) is 4.74 Å². The van der Waals surface area contributed by atoms with E-state index >= 15 is 0 Å². The maximum Gasteiger partial charge on any atom is 0.255 e. The van der Waals surface area contributed by atoms with Crippen LogP contribution in [0.2, 0.25) is 0 Å². The average Bonchev–Trinajstić information content (AvgIpc) is 3.26. The third kappa shape index (κ3) is 8.11. The lowest BCUT2D eigenvalue weighted by atomic mass is 10.1. The fraction of sp³-hybridized carbons (Fsp3) is 0.423. The number of carbonyl (C=O) groups is 3. The minimum absolute atomic E-state index is 0.00425. The number of nitrogens with one attached hydrogen (secondary N) is 3. The Morgan fingerprint density at radius 1 is 1.00 bits per heavy atom. The SMILES string of the molecule is CCCCN1CC(C(=O)Nc2ccc(C(=O)Nc3ccc(S(=O)(=O)NCCCOC)cc3)cc2)CC1=O. The molecule has 3 amide bonds. The quantitative estimate of drug-likeness (QED) is 0.341. The van der Waals surface area contributed by atoms with E-state index in [0.717, 1.165) is 12.8 Å². The van der Waals surface area contributed by atoms with Gasteiger partial charge in [-0.05, 0) is 61.4 Å². The molecular weight excluding hydrogens is 496 g/mol. The molecule has 0 radical (unpaired) electrons. The Kier molecular flexibility index (Phi) is 10.2.